The maximum absolute atomic E-state index is 4.96. The second-order valence-corrected chi connectivity index (χ2v) is 48.0. The Balaban J connectivity index is 2.30. The number of allylic oxidation sites excluding steroid dienone is 8. The summed E-state index contributed by atoms with van der Waals surface area (Å²) in [5, 5.41) is 5.69. The summed E-state index contributed by atoms with van der Waals surface area (Å²) >= 11 is -4.96. The van der Waals surface area contributed by atoms with Crippen LogP contribution in [0.5, 0.6) is 0 Å². The number of benzene rings is 2. The van der Waals surface area contributed by atoms with Gasteiger partial charge in [-0.2, -0.15) is 0 Å². The predicted molar refractivity (Wildman–Crippen MR) is 161 cm³/mol. The van der Waals surface area contributed by atoms with Crippen molar-refractivity contribution in [1.82, 2.24) is 0 Å². The van der Waals surface area contributed by atoms with Crippen LogP contribution >= 0.6 is 0 Å². The molecular weight excluding hydrogens is 484 g/mol. The van der Waals surface area contributed by atoms with E-state index in [2.05, 4.69) is 134 Å². The average molecular weight is 533 g/mol. The molecule has 0 amide bonds. The van der Waals surface area contributed by atoms with Crippen LogP contribution in [0.25, 0.3) is 0 Å². The zero-order chi connectivity index (χ0) is 26.8. The molecule has 2 aromatic carbocycles. The summed E-state index contributed by atoms with van der Waals surface area (Å²) in [6, 6.07) is 22.9. The second kappa shape index (κ2) is 7.69. The van der Waals surface area contributed by atoms with Gasteiger partial charge in [0.25, 0.3) is 0 Å². The van der Waals surface area contributed by atoms with Gasteiger partial charge in [-0.15, -0.1) is 0 Å². The van der Waals surface area contributed by atoms with Crippen LogP contribution in [-0.2, 0) is 20.9 Å². The fourth-order valence-electron chi connectivity index (χ4n) is 10.0. The van der Waals surface area contributed by atoms with E-state index in [1.54, 1.807) is 30.0 Å². The minimum atomic E-state index is -4.96. The zero-order valence-corrected chi connectivity index (χ0v) is 27.5. The average Bonchev–Trinajstić information content (AvgIpc) is 3.14. The SMILES string of the molecule is CC1=C(C)C(C)[C]([Ti]([CH3])([CH3])(=[SiH2])([CH2]c2ccccc2)([CH2]c2ccccc2)[C]2=C(C)C(C)=C(C)C2C)=C1C. The predicted octanol–water partition coefficient (Wildman–Crippen LogP) is 9.31. The van der Waals surface area contributed by atoms with Crippen molar-refractivity contribution in [2.45, 2.75) is 75.3 Å². The molecule has 0 spiro atoms. The van der Waals surface area contributed by atoms with Crippen LogP contribution in [0.3, 0.4) is 0 Å². The van der Waals surface area contributed by atoms with Crippen molar-refractivity contribution in [1.29, 1.82) is 0 Å². The molecule has 0 aromatic heterocycles. The van der Waals surface area contributed by atoms with Gasteiger partial charge in [0, 0.05) is 0 Å². The van der Waals surface area contributed by atoms with Crippen molar-refractivity contribution in [2.24, 2.45) is 11.8 Å². The Morgan fingerprint density at radius 1 is 0.556 bits per heavy atom. The summed E-state index contributed by atoms with van der Waals surface area (Å²) in [5.74, 6) is 0.906. The molecule has 0 radical (unpaired) electrons. The summed E-state index contributed by atoms with van der Waals surface area (Å²) in [6.45, 7) is 19.4. The molecular formula is C34H48SiTi. The van der Waals surface area contributed by atoms with Crippen LogP contribution in [0.15, 0.2) is 102 Å². The third kappa shape index (κ3) is 3.57. The Labute approximate surface area is 218 Å². The molecule has 0 saturated heterocycles. The van der Waals surface area contributed by atoms with Gasteiger partial charge >= 0.3 is 219 Å². The van der Waals surface area contributed by atoms with E-state index in [4.69, 9.17) is 0 Å². The molecule has 0 bridgehead atoms. The molecule has 0 N–H and O–H groups in total. The van der Waals surface area contributed by atoms with Gasteiger partial charge in [0.1, 0.15) is 0 Å². The molecule has 2 unspecified atom stereocenters. The van der Waals surface area contributed by atoms with Gasteiger partial charge in [0.2, 0.25) is 0 Å². The van der Waals surface area contributed by atoms with Gasteiger partial charge in [-0.1, -0.05) is 0 Å². The van der Waals surface area contributed by atoms with E-state index in [-0.39, 0.29) is 0 Å². The molecule has 2 atom stereocenters. The molecule has 2 aromatic rings. The number of hydrogen-bond donors (Lipinski definition) is 0. The van der Waals surface area contributed by atoms with Crippen molar-refractivity contribution in [3.05, 3.63) is 113 Å². The van der Waals surface area contributed by atoms with Crippen molar-refractivity contribution in [3.8, 4) is 0 Å². The molecule has 36 heavy (non-hydrogen) atoms. The van der Waals surface area contributed by atoms with E-state index in [0.717, 1.165) is 9.45 Å². The van der Waals surface area contributed by atoms with Crippen LogP contribution in [0.4, 0.5) is 0 Å². The van der Waals surface area contributed by atoms with Crippen molar-refractivity contribution in [3.63, 3.8) is 0 Å². The summed E-state index contributed by atoms with van der Waals surface area (Å²) in [7, 11) is 2.50. The van der Waals surface area contributed by atoms with Gasteiger partial charge in [-0.25, -0.2) is 0 Å². The Hall–Kier alpha value is -1.67. The van der Waals surface area contributed by atoms with E-state index in [9.17, 15) is 0 Å². The molecule has 2 aliphatic rings. The first kappa shape index (κ1) is 27.4. The van der Waals surface area contributed by atoms with E-state index in [0.29, 0.717) is 11.8 Å². The van der Waals surface area contributed by atoms with E-state index < -0.39 is 11.5 Å². The van der Waals surface area contributed by atoms with Crippen LogP contribution < -0.4 is 0 Å². The molecule has 0 nitrogen and oxygen atoms in total. The first-order valence-corrected chi connectivity index (χ1v) is 24.8. The van der Waals surface area contributed by atoms with Crippen LogP contribution in [0, 0.1) is 11.8 Å². The maximum atomic E-state index is 2.85. The summed E-state index contributed by atoms with van der Waals surface area (Å²) in [5.41, 5.74) is 12.3. The fraction of sp³-hybridized carbons (Fsp3) is 0.412. The number of hydrogen-bond acceptors (Lipinski definition) is 0. The third-order valence-corrected chi connectivity index (χ3v) is 33.1. The molecule has 0 heterocycles. The van der Waals surface area contributed by atoms with Gasteiger partial charge in [-0.05, 0) is 0 Å². The normalized spacial score (nSPS) is 24.2. The first-order chi connectivity index (χ1) is 16.5. The molecule has 0 fully saturated rings. The number of rotatable bonds is 6. The minimum absolute atomic E-state index is 0.453. The van der Waals surface area contributed by atoms with E-state index in [1.807, 2.05) is 0 Å². The summed E-state index contributed by atoms with van der Waals surface area (Å²) < 4.78 is 5.83. The molecule has 2 heteroatoms. The van der Waals surface area contributed by atoms with Crippen molar-refractivity contribution >= 4 is 7.63 Å². The Morgan fingerprint density at radius 3 is 1.11 bits per heavy atom. The molecule has 0 aliphatic heterocycles. The van der Waals surface area contributed by atoms with Gasteiger partial charge in [0.05, 0.1) is 0 Å². The Morgan fingerprint density at radius 2 is 0.861 bits per heavy atom. The van der Waals surface area contributed by atoms with Gasteiger partial charge < -0.3 is 0 Å². The first-order valence-electron chi connectivity index (χ1n) is 13.9. The summed E-state index contributed by atoms with van der Waals surface area (Å²) in [6.07, 6.45) is 0. The topological polar surface area (TPSA) is 0 Å². The van der Waals surface area contributed by atoms with E-state index >= 15 is 0 Å². The zero-order valence-electron chi connectivity index (χ0n) is 24.5. The summed E-state index contributed by atoms with van der Waals surface area (Å²) in [4.78, 5) is 0. The van der Waals surface area contributed by atoms with Crippen molar-refractivity contribution < 1.29 is 11.5 Å². The van der Waals surface area contributed by atoms with Crippen LogP contribution in [-0.4, -0.2) is 7.63 Å². The monoisotopic (exact) mass is 532 g/mol. The molecule has 4 rings (SSSR count). The third-order valence-electron chi connectivity index (χ3n) is 11.4. The molecule has 2 aliphatic carbocycles. The quantitative estimate of drug-likeness (QED) is 0.325. The Kier molecular flexibility index (Phi) is 5.84. The van der Waals surface area contributed by atoms with Gasteiger partial charge in [0.15, 0.2) is 0 Å². The van der Waals surface area contributed by atoms with E-state index in [1.165, 1.54) is 22.3 Å². The second-order valence-electron chi connectivity index (χ2n) is 15.0. The molecule has 192 valence electrons. The molecule has 0 saturated carbocycles. The fourth-order valence-corrected chi connectivity index (χ4v) is 38.3. The Bertz CT molecular complexity index is 1400. The van der Waals surface area contributed by atoms with Gasteiger partial charge in [-0.3, -0.25) is 0 Å². The van der Waals surface area contributed by atoms with Crippen LogP contribution in [0.2, 0.25) is 10.5 Å². The van der Waals surface area contributed by atoms with Crippen molar-refractivity contribution in [2.75, 3.05) is 0 Å². The van der Waals surface area contributed by atoms with Crippen LogP contribution in [0.1, 0.15) is 66.5 Å². The standard InChI is InChI=1S/2C9H13.2C7H7.2CH3.H2Si.Ti/c2*1-6-5-7(2)9(4)8(6)3;2*1-7-5-3-2-4-6-7;;;;/h2*6H,1-4H3;2*2-6H,1H2;2*1H3;1H2;.